The van der Waals surface area contributed by atoms with Gasteiger partial charge in [-0.2, -0.15) is 5.10 Å². The van der Waals surface area contributed by atoms with Gasteiger partial charge in [0.05, 0.1) is 18.4 Å². The molecule has 2 heterocycles. The summed E-state index contributed by atoms with van der Waals surface area (Å²) in [7, 11) is 0. The highest BCUT2D eigenvalue weighted by atomic mass is 19.1. The molecule has 0 aliphatic carbocycles. The first kappa shape index (κ1) is 9.83. The highest BCUT2D eigenvalue weighted by Crippen LogP contribution is 2.07. The number of hydrogen-bond acceptors (Lipinski definition) is 2. The van der Waals surface area contributed by atoms with Crippen LogP contribution in [0.25, 0.3) is 0 Å². The van der Waals surface area contributed by atoms with Gasteiger partial charge in [0.15, 0.2) is 0 Å². The summed E-state index contributed by atoms with van der Waals surface area (Å²) in [6.07, 6.45) is 5.37. The fourth-order valence-electron chi connectivity index (χ4n) is 1.37. The predicted molar refractivity (Wildman–Crippen MR) is 55.0 cm³/mol. The van der Waals surface area contributed by atoms with E-state index in [9.17, 15) is 4.39 Å². The molecular weight excluding hydrogens is 193 g/mol. The molecule has 0 aliphatic heterocycles. The maximum absolute atomic E-state index is 13.2. The van der Waals surface area contributed by atoms with Crippen LogP contribution in [0.15, 0.2) is 24.7 Å². The van der Waals surface area contributed by atoms with Crippen molar-refractivity contribution in [2.24, 2.45) is 0 Å². The topological polar surface area (TPSA) is 30.7 Å². The van der Waals surface area contributed by atoms with E-state index >= 15 is 0 Å². The highest BCUT2D eigenvalue weighted by Gasteiger charge is 2.02. The van der Waals surface area contributed by atoms with E-state index in [4.69, 9.17) is 0 Å². The van der Waals surface area contributed by atoms with Crippen LogP contribution < -0.4 is 0 Å². The molecule has 0 aliphatic rings. The van der Waals surface area contributed by atoms with E-state index in [2.05, 4.69) is 10.1 Å². The Morgan fingerprint density at radius 1 is 1.33 bits per heavy atom. The van der Waals surface area contributed by atoms with E-state index in [0.717, 1.165) is 11.1 Å². The zero-order valence-corrected chi connectivity index (χ0v) is 8.74. The first-order chi connectivity index (χ1) is 7.15. The van der Waals surface area contributed by atoms with Crippen LogP contribution in [-0.2, 0) is 6.54 Å². The minimum Gasteiger partial charge on any atom is -0.268 e. The summed E-state index contributed by atoms with van der Waals surface area (Å²) < 4.78 is 15.0. The molecular formula is C11H12FN3. The van der Waals surface area contributed by atoms with Crippen molar-refractivity contribution < 1.29 is 4.39 Å². The fraction of sp³-hybridized carbons (Fsp3) is 0.273. The van der Waals surface area contributed by atoms with E-state index in [-0.39, 0.29) is 5.82 Å². The molecule has 2 rings (SSSR count). The maximum Gasteiger partial charge on any atom is 0.144 e. The number of rotatable bonds is 2. The first-order valence-corrected chi connectivity index (χ1v) is 4.75. The molecule has 0 bridgehead atoms. The molecule has 0 aromatic carbocycles. The Morgan fingerprint density at radius 2 is 2.13 bits per heavy atom. The second-order valence-corrected chi connectivity index (χ2v) is 3.63. The summed E-state index contributed by atoms with van der Waals surface area (Å²) in [5, 5.41) is 4.13. The monoisotopic (exact) mass is 205 g/mol. The van der Waals surface area contributed by atoms with Crippen LogP contribution in [0.2, 0.25) is 0 Å². The van der Waals surface area contributed by atoms with Crippen molar-refractivity contribution in [1.82, 2.24) is 14.8 Å². The molecule has 2 aromatic rings. The van der Waals surface area contributed by atoms with Crippen molar-refractivity contribution in [3.63, 3.8) is 0 Å². The van der Waals surface area contributed by atoms with Gasteiger partial charge in [0.25, 0.3) is 0 Å². The lowest BCUT2D eigenvalue weighted by Crippen LogP contribution is -2.01. The van der Waals surface area contributed by atoms with E-state index < -0.39 is 0 Å². The maximum atomic E-state index is 13.2. The van der Waals surface area contributed by atoms with E-state index in [0.29, 0.717) is 12.2 Å². The number of aromatic nitrogens is 3. The van der Waals surface area contributed by atoms with Crippen LogP contribution in [0.1, 0.15) is 16.8 Å². The van der Waals surface area contributed by atoms with Crippen LogP contribution >= 0.6 is 0 Å². The zero-order valence-electron chi connectivity index (χ0n) is 8.74. The Hall–Kier alpha value is -1.71. The number of nitrogens with zero attached hydrogens (tertiary/aromatic N) is 3. The van der Waals surface area contributed by atoms with E-state index in [1.54, 1.807) is 24.0 Å². The minimum absolute atomic E-state index is 0.267. The van der Waals surface area contributed by atoms with Crippen molar-refractivity contribution in [3.05, 3.63) is 47.3 Å². The zero-order chi connectivity index (χ0) is 10.8. The Balaban J connectivity index is 2.21. The van der Waals surface area contributed by atoms with Gasteiger partial charge >= 0.3 is 0 Å². The summed E-state index contributed by atoms with van der Waals surface area (Å²) in [5.41, 5.74) is 2.34. The van der Waals surface area contributed by atoms with Gasteiger partial charge in [-0.15, -0.1) is 0 Å². The molecule has 0 N–H and O–H groups in total. The molecule has 0 saturated carbocycles. The van der Waals surface area contributed by atoms with Gasteiger partial charge < -0.3 is 0 Å². The van der Waals surface area contributed by atoms with Crippen molar-refractivity contribution in [1.29, 1.82) is 0 Å². The highest BCUT2D eigenvalue weighted by molar-refractivity contribution is 5.16. The second-order valence-electron chi connectivity index (χ2n) is 3.63. The van der Waals surface area contributed by atoms with Crippen molar-refractivity contribution in [2.75, 3.05) is 0 Å². The third kappa shape index (κ3) is 2.21. The van der Waals surface area contributed by atoms with Gasteiger partial charge in [-0.3, -0.25) is 9.67 Å². The molecule has 4 heteroatoms. The predicted octanol–water partition coefficient (Wildman–Crippen LogP) is 2.08. The van der Waals surface area contributed by atoms with Gasteiger partial charge in [-0.25, -0.2) is 4.39 Å². The van der Waals surface area contributed by atoms with Crippen molar-refractivity contribution in [2.45, 2.75) is 20.4 Å². The molecule has 0 unspecified atom stereocenters. The molecule has 0 amide bonds. The molecule has 0 spiro atoms. The Kier molecular flexibility index (Phi) is 2.49. The number of pyridine rings is 1. The molecule has 0 atom stereocenters. The Bertz CT molecular complexity index is 476. The summed E-state index contributed by atoms with van der Waals surface area (Å²) in [5.74, 6) is -0.267. The molecule has 0 saturated heterocycles. The molecule has 78 valence electrons. The number of aryl methyl sites for hydroxylation is 2. The summed E-state index contributed by atoms with van der Waals surface area (Å²) in [6, 6.07) is 1.50. The van der Waals surface area contributed by atoms with Gasteiger partial charge in [-0.05, 0) is 31.0 Å². The van der Waals surface area contributed by atoms with Crippen LogP contribution in [0, 0.1) is 19.7 Å². The Labute approximate surface area is 87.6 Å². The van der Waals surface area contributed by atoms with Crippen LogP contribution in [-0.4, -0.2) is 14.8 Å². The van der Waals surface area contributed by atoms with E-state index in [1.165, 1.54) is 6.07 Å². The fourth-order valence-corrected chi connectivity index (χ4v) is 1.37. The first-order valence-electron chi connectivity index (χ1n) is 4.75. The SMILES string of the molecule is Cc1cnn(Cc2cnc(C)c(F)c2)c1. The standard InChI is InChI=1S/C11H12FN3/c1-8-4-14-15(6-8)7-10-3-11(12)9(2)13-5-10/h3-6H,7H2,1-2H3. The summed E-state index contributed by atoms with van der Waals surface area (Å²) in [4.78, 5) is 3.97. The number of hydrogen-bond donors (Lipinski definition) is 0. The lowest BCUT2D eigenvalue weighted by atomic mass is 10.2. The van der Waals surface area contributed by atoms with Crippen LogP contribution in [0.4, 0.5) is 4.39 Å². The van der Waals surface area contributed by atoms with Gasteiger partial charge in [0, 0.05) is 12.4 Å². The third-order valence-electron chi connectivity index (χ3n) is 2.19. The average molecular weight is 205 g/mol. The van der Waals surface area contributed by atoms with Crippen LogP contribution in [0.3, 0.4) is 0 Å². The molecule has 0 fully saturated rings. The van der Waals surface area contributed by atoms with E-state index in [1.807, 2.05) is 13.1 Å². The average Bonchev–Trinajstić information content (AvgIpc) is 2.58. The molecule has 3 nitrogen and oxygen atoms in total. The van der Waals surface area contributed by atoms with Crippen LogP contribution in [0.5, 0.6) is 0 Å². The van der Waals surface area contributed by atoms with Gasteiger partial charge in [0.2, 0.25) is 0 Å². The van der Waals surface area contributed by atoms with Gasteiger partial charge in [0.1, 0.15) is 5.82 Å². The Morgan fingerprint density at radius 3 is 2.73 bits per heavy atom. The van der Waals surface area contributed by atoms with Crippen molar-refractivity contribution >= 4 is 0 Å². The summed E-state index contributed by atoms with van der Waals surface area (Å²) in [6.45, 7) is 4.17. The lowest BCUT2D eigenvalue weighted by molar-refractivity contribution is 0.600. The molecule has 0 radical (unpaired) electrons. The summed E-state index contributed by atoms with van der Waals surface area (Å²) >= 11 is 0. The lowest BCUT2D eigenvalue weighted by Gasteiger charge is -2.02. The quantitative estimate of drug-likeness (QED) is 0.751. The van der Waals surface area contributed by atoms with Crippen molar-refractivity contribution in [3.8, 4) is 0 Å². The van der Waals surface area contributed by atoms with Gasteiger partial charge in [-0.1, -0.05) is 0 Å². The molecule has 2 aromatic heterocycles. The second kappa shape index (κ2) is 3.81. The smallest absolute Gasteiger partial charge is 0.144 e. The third-order valence-corrected chi connectivity index (χ3v) is 2.19. The normalized spacial score (nSPS) is 10.6. The largest absolute Gasteiger partial charge is 0.268 e. The minimum atomic E-state index is -0.267. The molecule has 15 heavy (non-hydrogen) atoms. The number of halogens is 1.